The van der Waals surface area contributed by atoms with Crippen molar-refractivity contribution in [1.82, 2.24) is 25.8 Å². The van der Waals surface area contributed by atoms with E-state index in [1.165, 1.54) is 23.3 Å². The molecular formula is C39H49N5O7S. The van der Waals surface area contributed by atoms with Crippen molar-refractivity contribution in [3.05, 3.63) is 82.9 Å². The molecule has 6 atom stereocenters. The van der Waals surface area contributed by atoms with Gasteiger partial charge < -0.3 is 30.3 Å². The number of methoxy groups -OCH3 is 1. The van der Waals surface area contributed by atoms with Crippen molar-refractivity contribution in [3.8, 4) is 5.19 Å². The van der Waals surface area contributed by atoms with Crippen LogP contribution in [0.2, 0.25) is 0 Å². The van der Waals surface area contributed by atoms with Crippen molar-refractivity contribution in [2.45, 2.75) is 102 Å². The number of epoxide rings is 1. The van der Waals surface area contributed by atoms with Gasteiger partial charge in [-0.15, -0.1) is 0 Å². The van der Waals surface area contributed by atoms with Crippen LogP contribution in [-0.4, -0.2) is 88.8 Å². The monoisotopic (exact) mass is 731 g/mol. The zero-order chi connectivity index (χ0) is 37.4. The first-order valence-corrected chi connectivity index (χ1v) is 18.7. The number of hydrogen-bond donors (Lipinski definition) is 3. The molecule has 2 aromatic carbocycles. The van der Waals surface area contributed by atoms with Crippen LogP contribution in [-0.2, 0) is 48.0 Å². The predicted octanol–water partition coefficient (Wildman–Crippen LogP) is 3.42. The molecule has 4 amide bonds. The van der Waals surface area contributed by atoms with Gasteiger partial charge >= 0.3 is 0 Å². The number of amides is 4. The highest BCUT2D eigenvalue weighted by Crippen LogP contribution is 2.30. The highest BCUT2D eigenvalue weighted by atomic mass is 32.1. The minimum atomic E-state index is -0.938. The maximum absolute atomic E-state index is 14.2. The number of ketones is 1. The first-order valence-electron chi connectivity index (χ1n) is 17.8. The number of nitrogens with zero attached hydrogens (tertiary/aromatic N) is 2. The molecule has 278 valence electrons. The van der Waals surface area contributed by atoms with Gasteiger partial charge in [0.15, 0.2) is 5.78 Å². The molecule has 1 aromatic heterocycles. The minimum Gasteiger partial charge on any atom is -0.473 e. The molecule has 0 radical (unpaired) electrons. The summed E-state index contributed by atoms with van der Waals surface area (Å²) in [6, 6.07) is 15.1. The Morgan fingerprint density at radius 1 is 1.00 bits per heavy atom. The van der Waals surface area contributed by atoms with Crippen LogP contribution in [0.15, 0.2) is 66.9 Å². The topological polar surface area (TPSA) is 159 Å². The molecule has 2 aliphatic rings. The van der Waals surface area contributed by atoms with Crippen molar-refractivity contribution in [3.63, 3.8) is 0 Å². The Bertz CT molecular complexity index is 1710. The summed E-state index contributed by atoms with van der Waals surface area (Å²) < 4.78 is 10.6. The number of aromatic nitrogens is 1. The molecule has 0 bridgehead atoms. The van der Waals surface area contributed by atoms with Gasteiger partial charge in [0.25, 0.3) is 5.19 Å². The van der Waals surface area contributed by atoms with E-state index in [9.17, 15) is 24.0 Å². The molecule has 0 spiro atoms. The molecule has 3 aromatic rings. The number of carbonyl (C=O) groups is 5. The van der Waals surface area contributed by atoms with E-state index in [4.69, 9.17) is 9.47 Å². The summed E-state index contributed by atoms with van der Waals surface area (Å²) in [6.07, 6.45) is 3.33. The van der Waals surface area contributed by atoms with Crippen molar-refractivity contribution < 1.29 is 33.4 Å². The summed E-state index contributed by atoms with van der Waals surface area (Å²) in [4.78, 5) is 75.1. The number of likely N-dealkylation sites (tertiary alicyclic amines) is 1. The molecule has 5 rings (SSSR count). The second kappa shape index (κ2) is 17.3. The molecule has 2 aliphatic heterocycles. The highest BCUT2D eigenvalue weighted by Gasteiger charge is 2.51. The molecule has 2 saturated heterocycles. The minimum absolute atomic E-state index is 0.0190. The van der Waals surface area contributed by atoms with Crippen LogP contribution in [0.5, 0.6) is 5.19 Å². The van der Waals surface area contributed by atoms with E-state index in [0.29, 0.717) is 35.9 Å². The van der Waals surface area contributed by atoms with Gasteiger partial charge in [-0.1, -0.05) is 85.8 Å². The molecule has 13 heteroatoms. The van der Waals surface area contributed by atoms with Gasteiger partial charge in [0, 0.05) is 23.5 Å². The van der Waals surface area contributed by atoms with E-state index in [0.717, 1.165) is 11.1 Å². The molecular weight excluding hydrogens is 683 g/mol. The molecule has 3 heterocycles. The average Bonchev–Trinajstić information content (AvgIpc) is 3.61. The Hall–Kier alpha value is -4.62. The number of carbonyl (C=O) groups excluding carboxylic acids is 5. The third-order valence-electron chi connectivity index (χ3n) is 9.53. The lowest BCUT2D eigenvalue weighted by molar-refractivity contribution is -0.142. The zero-order valence-electron chi connectivity index (χ0n) is 30.4. The van der Waals surface area contributed by atoms with E-state index in [1.807, 2.05) is 81.4 Å². The van der Waals surface area contributed by atoms with E-state index in [-0.39, 0.29) is 36.9 Å². The second-order valence-corrected chi connectivity index (χ2v) is 15.4. The van der Waals surface area contributed by atoms with Crippen LogP contribution in [0.1, 0.15) is 63.0 Å². The first kappa shape index (κ1) is 38.6. The molecule has 52 heavy (non-hydrogen) atoms. The predicted molar refractivity (Wildman–Crippen MR) is 197 cm³/mol. The van der Waals surface area contributed by atoms with Crippen LogP contribution in [0, 0.1) is 5.92 Å². The number of Topliss-reactive ketones (excluding diaryl/α,β-unsaturated/α-hetero) is 1. The SMILES string of the molecule is COc1ncc(CC(=O)N[C@@H](CCc2ccccc2)C(=O)N[C@H]2CC(C)N([C@@H](Cc3ccccc3)C(=O)N[C@@H](CC(C)C)C(=O)C3(C)CO3)C2=O)s1. The Labute approximate surface area is 309 Å². The van der Waals surface area contributed by atoms with Crippen LogP contribution in [0.3, 0.4) is 0 Å². The zero-order valence-corrected chi connectivity index (χ0v) is 31.2. The summed E-state index contributed by atoms with van der Waals surface area (Å²) >= 11 is 1.25. The molecule has 3 N–H and O–H groups in total. The van der Waals surface area contributed by atoms with Gasteiger partial charge in [-0.25, -0.2) is 4.98 Å². The molecule has 2 fully saturated rings. The number of aryl methyl sites for hydroxylation is 1. The Morgan fingerprint density at radius 3 is 2.25 bits per heavy atom. The standard InChI is InChI=1S/C39H49N5O7S/c1-24(2)18-30(34(46)39(4)23-51-39)42-36(48)32(20-27-14-10-7-11-15-27)44-25(3)19-31(37(44)49)43-35(47)29(17-16-26-12-8-6-9-13-26)41-33(45)21-28-22-40-38(50-5)52-28/h6-15,22,24-25,29-32H,16-21,23H2,1-5H3,(H,41,45)(H,42,48)(H,43,47)/t25?,29-,30-,31-,32-,39?/m0/s1. The van der Waals surface area contributed by atoms with E-state index in [2.05, 4.69) is 20.9 Å². The lowest BCUT2D eigenvalue weighted by Crippen LogP contribution is -2.57. The number of hydrogen-bond acceptors (Lipinski definition) is 9. The van der Waals surface area contributed by atoms with Crippen molar-refractivity contribution in [2.24, 2.45) is 5.92 Å². The summed E-state index contributed by atoms with van der Waals surface area (Å²) in [5.41, 5.74) is 0.930. The summed E-state index contributed by atoms with van der Waals surface area (Å²) in [7, 11) is 1.50. The van der Waals surface area contributed by atoms with E-state index in [1.54, 1.807) is 13.1 Å². The van der Waals surface area contributed by atoms with Gasteiger partial charge in [-0.2, -0.15) is 0 Å². The number of thiazole rings is 1. The maximum atomic E-state index is 14.2. The van der Waals surface area contributed by atoms with Gasteiger partial charge in [0.05, 0.1) is 26.2 Å². The number of benzene rings is 2. The quantitative estimate of drug-likeness (QED) is 0.168. The van der Waals surface area contributed by atoms with Crippen molar-refractivity contribution in [2.75, 3.05) is 13.7 Å². The fourth-order valence-electron chi connectivity index (χ4n) is 6.64. The Kier molecular flexibility index (Phi) is 12.8. The summed E-state index contributed by atoms with van der Waals surface area (Å²) in [5, 5.41) is 9.18. The maximum Gasteiger partial charge on any atom is 0.273 e. The van der Waals surface area contributed by atoms with Gasteiger partial charge in [-0.3, -0.25) is 24.0 Å². The van der Waals surface area contributed by atoms with Gasteiger partial charge in [-0.05, 0) is 56.6 Å². The fourth-order valence-corrected chi connectivity index (χ4v) is 7.37. The lowest BCUT2D eigenvalue weighted by Gasteiger charge is -2.33. The third kappa shape index (κ3) is 10.0. The molecule has 12 nitrogen and oxygen atoms in total. The van der Waals surface area contributed by atoms with Gasteiger partial charge in [0.2, 0.25) is 23.6 Å². The smallest absolute Gasteiger partial charge is 0.273 e. The van der Waals surface area contributed by atoms with Gasteiger partial charge in [0.1, 0.15) is 23.7 Å². The number of rotatable bonds is 18. The summed E-state index contributed by atoms with van der Waals surface area (Å²) in [6.45, 7) is 7.84. The molecule has 2 unspecified atom stereocenters. The van der Waals surface area contributed by atoms with Crippen molar-refractivity contribution in [1.29, 1.82) is 0 Å². The Balaban J connectivity index is 1.32. The van der Waals surface area contributed by atoms with Crippen LogP contribution < -0.4 is 20.7 Å². The normalized spacial score (nSPS) is 21.3. The van der Waals surface area contributed by atoms with E-state index >= 15 is 0 Å². The lowest BCUT2D eigenvalue weighted by atomic mass is 9.92. The molecule has 0 saturated carbocycles. The number of nitrogens with one attached hydrogen (secondary N) is 3. The first-order chi connectivity index (χ1) is 24.9. The van der Waals surface area contributed by atoms with Crippen LogP contribution >= 0.6 is 11.3 Å². The van der Waals surface area contributed by atoms with E-state index < -0.39 is 53.5 Å². The van der Waals surface area contributed by atoms with Crippen molar-refractivity contribution >= 4 is 40.7 Å². The van der Waals surface area contributed by atoms with Crippen LogP contribution in [0.4, 0.5) is 0 Å². The Morgan fingerprint density at radius 2 is 1.65 bits per heavy atom. The highest BCUT2D eigenvalue weighted by molar-refractivity contribution is 7.13. The third-order valence-corrected chi connectivity index (χ3v) is 10.5. The van der Waals surface area contributed by atoms with Crippen LogP contribution in [0.25, 0.3) is 0 Å². The second-order valence-electron chi connectivity index (χ2n) is 14.3. The molecule has 0 aliphatic carbocycles. The fraction of sp³-hybridized carbons (Fsp3) is 0.487. The number of ether oxygens (including phenoxy) is 2. The summed E-state index contributed by atoms with van der Waals surface area (Å²) in [5.74, 6) is -1.74. The average molecular weight is 732 g/mol. The largest absolute Gasteiger partial charge is 0.473 e.